The fraction of sp³-hybridized carbons (Fsp3) is 0.600. The number of amides is 1. The highest BCUT2D eigenvalue weighted by Crippen LogP contribution is 2.10. The number of rotatable bonds is 6. The number of hydrogen-bond donors (Lipinski definition) is 1. The molecule has 0 bridgehead atoms. The molecule has 6 nitrogen and oxygen atoms in total. The highest BCUT2D eigenvalue weighted by molar-refractivity contribution is 7.08. The van der Waals surface area contributed by atoms with Crippen LogP contribution >= 0.6 is 11.5 Å². The maximum Gasteiger partial charge on any atom is 0.307 e. The van der Waals surface area contributed by atoms with Gasteiger partial charge in [0.25, 0.3) is 5.91 Å². The van der Waals surface area contributed by atoms with Crippen molar-refractivity contribution < 1.29 is 14.3 Å². The lowest BCUT2D eigenvalue weighted by molar-refractivity contribution is -0.142. The topological polar surface area (TPSA) is 81.2 Å². The summed E-state index contributed by atoms with van der Waals surface area (Å²) in [6.45, 7) is 4.27. The Labute approximate surface area is 104 Å². The van der Waals surface area contributed by atoms with E-state index in [-0.39, 0.29) is 24.8 Å². The molecule has 0 aliphatic rings. The summed E-state index contributed by atoms with van der Waals surface area (Å²) in [6, 6.07) is 0. The normalized spacial score (nSPS) is 10.0. The molecule has 7 heteroatoms. The van der Waals surface area contributed by atoms with E-state index in [1.165, 1.54) is 0 Å². The Morgan fingerprint density at radius 2 is 2.18 bits per heavy atom. The number of hydrogen-bond acceptors (Lipinski definition) is 6. The molecule has 0 aliphatic carbocycles. The zero-order chi connectivity index (χ0) is 12.7. The first-order chi connectivity index (χ1) is 8.19. The number of nitrogens with zero attached hydrogens (tertiary/aromatic N) is 2. The molecule has 17 heavy (non-hydrogen) atoms. The van der Waals surface area contributed by atoms with Gasteiger partial charge in [-0.3, -0.25) is 9.59 Å². The van der Waals surface area contributed by atoms with E-state index in [4.69, 9.17) is 4.74 Å². The Morgan fingerprint density at radius 1 is 1.41 bits per heavy atom. The van der Waals surface area contributed by atoms with Crippen molar-refractivity contribution >= 4 is 23.4 Å². The van der Waals surface area contributed by atoms with Crippen molar-refractivity contribution in [3.63, 3.8) is 0 Å². The van der Waals surface area contributed by atoms with E-state index in [1.54, 1.807) is 6.92 Å². The average Bonchev–Trinajstić information content (AvgIpc) is 2.77. The molecule has 94 valence electrons. The lowest BCUT2D eigenvalue weighted by Crippen LogP contribution is -2.26. The van der Waals surface area contributed by atoms with E-state index in [9.17, 15) is 9.59 Å². The summed E-state index contributed by atoms with van der Waals surface area (Å²) in [5, 5.41) is 6.48. The lowest BCUT2D eigenvalue weighted by Gasteiger charge is -2.03. The van der Waals surface area contributed by atoms with E-state index in [0.29, 0.717) is 23.6 Å². The van der Waals surface area contributed by atoms with E-state index < -0.39 is 0 Å². The maximum atomic E-state index is 11.7. The zero-order valence-electron chi connectivity index (χ0n) is 9.86. The van der Waals surface area contributed by atoms with Crippen LogP contribution in [0.2, 0.25) is 0 Å². The minimum atomic E-state index is -0.314. The van der Waals surface area contributed by atoms with Gasteiger partial charge in [0, 0.05) is 6.54 Å². The SMILES string of the molecule is CCOC(=O)CCNC(=O)c1snnc1CC. The van der Waals surface area contributed by atoms with Crippen LogP contribution in [0.3, 0.4) is 0 Å². The van der Waals surface area contributed by atoms with Crippen LogP contribution in [0, 0.1) is 0 Å². The molecule has 0 saturated carbocycles. The van der Waals surface area contributed by atoms with Crippen LogP contribution in [-0.4, -0.2) is 34.6 Å². The quantitative estimate of drug-likeness (QED) is 0.762. The summed E-state index contributed by atoms with van der Waals surface area (Å²) in [7, 11) is 0. The third kappa shape index (κ3) is 4.10. The standard InChI is InChI=1S/C10H15N3O3S/c1-3-7-9(17-13-12-7)10(15)11-6-5-8(14)16-4-2/h3-6H2,1-2H3,(H,11,15). The number of nitrogens with one attached hydrogen (secondary N) is 1. The fourth-order valence-corrected chi connectivity index (χ4v) is 1.87. The predicted molar refractivity (Wildman–Crippen MR) is 62.9 cm³/mol. The third-order valence-corrected chi connectivity index (χ3v) is 2.78. The van der Waals surface area contributed by atoms with Crippen molar-refractivity contribution in [2.75, 3.05) is 13.2 Å². The van der Waals surface area contributed by atoms with Gasteiger partial charge in [-0.25, -0.2) is 0 Å². The van der Waals surface area contributed by atoms with Crippen LogP contribution in [0.4, 0.5) is 0 Å². The first kappa shape index (κ1) is 13.6. The van der Waals surface area contributed by atoms with Gasteiger partial charge in [0.1, 0.15) is 4.88 Å². The first-order valence-corrected chi connectivity index (χ1v) is 6.21. The maximum absolute atomic E-state index is 11.7. The van der Waals surface area contributed by atoms with Crippen LogP contribution in [0.25, 0.3) is 0 Å². The second-order valence-electron chi connectivity index (χ2n) is 3.21. The van der Waals surface area contributed by atoms with Gasteiger partial charge in [0.2, 0.25) is 0 Å². The van der Waals surface area contributed by atoms with Gasteiger partial charge in [-0.2, -0.15) is 0 Å². The molecule has 0 aromatic carbocycles. The predicted octanol–water partition coefficient (Wildman–Crippen LogP) is 0.783. The van der Waals surface area contributed by atoms with Crippen molar-refractivity contribution in [2.24, 2.45) is 0 Å². The summed E-state index contributed by atoms with van der Waals surface area (Å²) < 4.78 is 8.47. The molecule has 1 N–H and O–H groups in total. The van der Waals surface area contributed by atoms with Crippen LogP contribution < -0.4 is 5.32 Å². The van der Waals surface area contributed by atoms with Crippen LogP contribution in [0.15, 0.2) is 0 Å². The van der Waals surface area contributed by atoms with E-state index >= 15 is 0 Å². The van der Waals surface area contributed by atoms with E-state index in [2.05, 4.69) is 14.9 Å². The van der Waals surface area contributed by atoms with Gasteiger partial charge in [-0.15, -0.1) is 5.10 Å². The molecule has 1 amide bonds. The van der Waals surface area contributed by atoms with Gasteiger partial charge >= 0.3 is 5.97 Å². The molecule has 0 spiro atoms. The van der Waals surface area contributed by atoms with Gasteiger partial charge in [-0.1, -0.05) is 11.4 Å². The van der Waals surface area contributed by atoms with Gasteiger partial charge in [-0.05, 0) is 24.9 Å². The first-order valence-electron chi connectivity index (χ1n) is 5.44. The molecule has 0 fully saturated rings. The molecule has 0 radical (unpaired) electrons. The molecule has 1 heterocycles. The Morgan fingerprint density at radius 3 is 2.82 bits per heavy atom. The Kier molecular flexibility index (Phi) is 5.55. The van der Waals surface area contributed by atoms with E-state index in [1.807, 2.05) is 6.92 Å². The van der Waals surface area contributed by atoms with Gasteiger partial charge < -0.3 is 10.1 Å². The fourth-order valence-electron chi connectivity index (χ4n) is 1.20. The minimum Gasteiger partial charge on any atom is -0.466 e. The second kappa shape index (κ2) is 6.95. The van der Waals surface area contributed by atoms with Gasteiger partial charge in [0.15, 0.2) is 0 Å². The lowest BCUT2D eigenvalue weighted by atomic mass is 10.3. The number of carbonyl (C=O) groups is 2. The zero-order valence-corrected chi connectivity index (χ0v) is 10.7. The summed E-state index contributed by atoms with van der Waals surface area (Å²) >= 11 is 1.06. The molecular formula is C10H15N3O3S. The second-order valence-corrected chi connectivity index (χ2v) is 3.97. The van der Waals surface area contributed by atoms with Crippen LogP contribution in [-0.2, 0) is 16.0 Å². The number of esters is 1. The molecule has 0 atom stereocenters. The summed E-state index contributed by atoms with van der Waals surface area (Å²) in [5.74, 6) is -0.549. The monoisotopic (exact) mass is 257 g/mol. The van der Waals surface area contributed by atoms with Crippen molar-refractivity contribution in [2.45, 2.75) is 26.7 Å². The highest BCUT2D eigenvalue weighted by Gasteiger charge is 2.14. The van der Waals surface area contributed by atoms with Gasteiger partial charge in [0.05, 0.1) is 18.7 Å². The smallest absolute Gasteiger partial charge is 0.307 e. The van der Waals surface area contributed by atoms with Crippen LogP contribution in [0.1, 0.15) is 35.6 Å². The third-order valence-electron chi connectivity index (χ3n) is 2.02. The highest BCUT2D eigenvalue weighted by atomic mass is 32.1. The van der Waals surface area contributed by atoms with Crippen molar-refractivity contribution in [1.29, 1.82) is 0 Å². The average molecular weight is 257 g/mol. The summed E-state index contributed by atoms with van der Waals surface area (Å²) in [4.78, 5) is 23.2. The Hall–Kier alpha value is -1.50. The molecule has 1 aromatic rings. The molecule has 0 unspecified atom stereocenters. The number of carbonyl (C=O) groups excluding carboxylic acids is 2. The minimum absolute atomic E-state index is 0.174. The number of ether oxygens (including phenoxy) is 1. The Balaban J connectivity index is 2.37. The number of aromatic nitrogens is 2. The largest absolute Gasteiger partial charge is 0.466 e. The van der Waals surface area contributed by atoms with E-state index in [0.717, 1.165) is 11.5 Å². The molecule has 0 saturated heterocycles. The molecule has 1 rings (SSSR count). The summed E-state index contributed by atoms with van der Waals surface area (Å²) in [5.41, 5.74) is 0.684. The van der Waals surface area contributed by atoms with Crippen LogP contribution in [0.5, 0.6) is 0 Å². The van der Waals surface area contributed by atoms with Crippen molar-refractivity contribution in [3.8, 4) is 0 Å². The van der Waals surface area contributed by atoms with Crippen molar-refractivity contribution in [1.82, 2.24) is 14.9 Å². The summed E-state index contributed by atoms with van der Waals surface area (Å²) in [6.07, 6.45) is 0.838. The molecular weight excluding hydrogens is 242 g/mol. The Bertz CT molecular complexity index is 392. The number of aryl methyl sites for hydroxylation is 1. The van der Waals surface area contributed by atoms with Crippen molar-refractivity contribution in [3.05, 3.63) is 10.6 Å². The molecule has 0 aliphatic heterocycles. The molecule has 1 aromatic heterocycles.